The van der Waals surface area contributed by atoms with E-state index in [4.69, 9.17) is 11.6 Å². The molecular weight excluding hydrogens is 372 g/mol. The van der Waals surface area contributed by atoms with Crippen LogP contribution in [0.5, 0.6) is 0 Å². The topological polar surface area (TPSA) is 58.1 Å². The van der Waals surface area contributed by atoms with Crippen molar-refractivity contribution in [2.45, 2.75) is 20.3 Å². The largest absolute Gasteiger partial charge is 0.359 e. The first-order valence-electron chi connectivity index (χ1n) is 9.08. The molecule has 2 heterocycles. The number of halogens is 1. The monoisotopic (exact) mass is 394 g/mol. The van der Waals surface area contributed by atoms with Gasteiger partial charge in [0.2, 0.25) is 0 Å². The van der Waals surface area contributed by atoms with Gasteiger partial charge in [0.25, 0.3) is 5.91 Å². The molecular formula is C22H23ClN4O. The molecule has 0 atom stereocenters. The lowest BCUT2D eigenvalue weighted by Gasteiger charge is -2.18. The van der Waals surface area contributed by atoms with Crippen molar-refractivity contribution in [3.05, 3.63) is 82.3 Å². The summed E-state index contributed by atoms with van der Waals surface area (Å²) in [5, 5.41) is 3.42. The maximum absolute atomic E-state index is 12.6. The molecule has 2 aromatic heterocycles. The van der Waals surface area contributed by atoms with Crippen LogP contribution in [0.3, 0.4) is 0 Å². The molecule has 5 nitrogen and oxygen atoms in total. The highest BCUT2D eigenvalue weighted by atomic mass is 35.5. The second-order valence-electron chi connectivity index (χ2n) is 6.82. The summed E-state index contributed by atoms with van der Waals surface area (Å²) in [5.41, 5.74) is 4.33. The molecule has 1 amide bonds. The highest BCUT2D eigenvalue weighted by Crippen LogP contribution is 2.27. The number of anilines is 2. The summed E-state index contributed by atoms with van der Waals surface area (Å²) in [7, 11) is 1.98. The average molecular weight is 395 g/mol. The Hall–Kier alpha value is -2.92. The number of aromatic nitrogens is 2. The van der Waals surface area contributed by atoms with Gasteiger partial charge in [-0.3, -0.25) is 9.78 Å². The number of rotatable bonds is 6. The Morgan fingerprint density at radius 2 is 1.89 bits per heavy atom. The third-order valence-corrected chi connectivity index (χ3v) is 4.85. The molecule has 0 bridgehead atoms. The highest BCUT2D eigenvalue weighted by Gasteiger charge is 2.12. The number of aryl methyl sites for hydroxylation is 2. The minimum atomic E-state index is -0.229. The Morgan fingerprint density at radius 3 is 2.54 bits per heavy atom. The van der Waals surface area contributed by atoms with Crippen LogP contribution < -0.4 is 10.2 Å². The van der Waals surface area contributed by atoms with Gasteiger partial charge in [-0.2, -0.15) is 0 Å². The molecule has 0 aliphatic heterocycles. The normalized spacial score (nSPS) is 10.6. The summed E-state index contributed by atoms with van der Waals surface area (Å²) in [6.07, 6.45) is 6.07. The van der Waals surface area contributed by atoms with E-state index >= 15 is 0 Å². The van der Waals surface area contributed by atoms with Crippen molar-refractivity contribution < 1.29 is 4.79 Å². The van der Waals surface area contributed by atoms with Crippen molar-refractivity contribution in [2.75, 3.05) is 23.8 Å². The molecule has 0 aliphatic rings. The van der Waals surface area contributed by atoms with Gasteiger partial charge >= 0.3 is 0 Å². The van der Waals surface area contributed by atoms with E-state index in [1.807, 2.05) is 51.2 Å². The van der Waals surface area contributed by atoms with E-state index in [0.717, 1.165) is 29.9 Å². The number of hydrogen-bond acceptors (Lipinski definition) is 4. The van der Waals surface area contributed by atoms with Gasteiger partial charge in [0, 0.05) is 32.2 Å². The SMILES string of the molecule is Cc1cc(C)c(NC(=O)c2ccc(N(C)CCc3ccncc3)nc2)c(Cl)c1. The molecule has 1 N–H and O–H groups in total. The van der Waals surface area contributed by atoms with Crippen LogP contribution in [0.4, 0.5) is 11.5 Å². The fourth-order valence-electron chi connectivity index (χ4n) is 2.97. The second kappa shape index (κ2) is 8.85. The van der Waals surface area contributed by atoms with Crippen molar-refractivity contribution in [1.82, 2.24) is 9.97 Å². The Labute approximate surface area is 170 Å². The lowest BCUT2D eigenvalue weighted by molar-refractivity contribution is 0.102. The van der Waals surface area contributed by atoms with Crippen LogP contribution in [-0.4, -0.2) is 29.5 Å². The molecule has 3 rings (SSSR count). The number of carbonyl (C=O) groups is 1. The van der Waals surface area contributed by atoms with E-state index in [0.29, 0.717) is 16.3 Å². The summed E-state index contributed by atoms with van der Waals surface area (Å²) in [6, 6.07) is 11.5. The van der Waals surface area contributed by atoms with Crippen LogP contribution in [0, 0.1) is 13.8 Å². The van der Waals surface area contributed by atoms with E-state index in [-0.39, 0.29) is 5.91 Å². The number of carbonyl (C=O) groups excluding carboxylic acids is 1. The van der Waals surface area contributed by atoms with Gasteiger partial charge in [0.1, 0.15) is 5.82 Å². The Morgan fingerprint density at radius 1 is 1.14 bits per heavy atom. The van der Waals surface area contributed by atoms with Crippen LogP contribution in [0.15, 0.2) is 55.0 Å². The van der Waals surface area contributed by atoms with Gasteiger partial charge in [-0.25, -0.2) is 4.98 Å². The Balaban J connectivity index is 1.64. The van der Waals surface area contributed by atoms with Crippen molar-refractivity contribution in [1.29, 1.82) is 0 Å². The van der Waals surface area contributed by atoms with Gasteiger partial charge in [-0.1, -0.05) is 17.7 Å². The quantitative estimate of drug-likeness (QED) is 0.659. The standard InChI is InChI=1S/C22H23ClN4O/c1-15-12-16(2)21(19(23)13-15)26-22(28)18-4-5-20(25-14-18)27(3)11-8-17-6-9-24-10-7-17/h4-7,9-10,12-14H,8,11H2,1-3H3,(H,26,28). The lowest BCUT2D eigenvalue weighted by Crippen LogP contribution is -2.22. The number of hydrogen-bond donors (Lipinski definition) is 1. The molecule has 0 aliphatic carbocycles. The van der Waals surface area contributed by atoms with Crippen molar-refractivity contribution >= 4 is 29.0 Å². The smallest absolute Gasteiger partial charge is 0.257 e. The third-order valence-electron chi connectivity index (χ3n) is 4.56. The first kappa shape index (κ1) is 19.8. The molecule has 1 aromatic carbocycles. The van der Waals surface area contributed by atoms with E-state index in [1.165, 1.54) is 5.56 Å². The van der Waals surface area contributed by atoms with Gasteiger partial charge in [-0.15, -0.1) is 0 Å². The van der Waals surface area contributed by atoms with Crippen LogP contribution in [0.2, 0.25) is 5.02 Å². The van der Waals surface area contributed by atoms with Gasteiger partial charge < -0.3 is 10.2 Å². The fourth-order valence-corrected chi connectivity index (χ4v) is 3.34. The predicted molar refractivity (Wildman–Crippen MR) is 114 cm³/mol. The summed E-state index contributed by atoms with van der Waals surface area (Å²) >= 11 is 6.28. The maximum Gasteiger partial charge on any atom is 0.257 e. The molecule has 0 radical (unpaired) electrons. The van der Waals surface area contributed by atoms with Gasteiger partial charge in [-0.05, 0) is 67.3 Å². The minimum absolute atomic E-state index is 0.229. The van der Waals surface area contributed by atoms with Crippen molar-refractivity contribution in [2.24, 2.45) is 0 Å². The van der Waals surface area contributed by atoms with E-state index in [9.17, 15) is 4.79 Å². The predicted octanol–water partition coefficient (Wildman–Crippen LogP) is 4.68. The van der Waals surface area contributed by atoms with Crippen LogP contribution >= 0.6 is 11.6 Å². The van der Waals surface area contributed by atoms with E-state index in [1.54, 1.807) is 24.7 Å². The second-order valence-corrected chi connectivity index (χ2v) is 7.23. The molecule has 0 saturated carbocycles. The zero-order valence-corrected chi connectivity index (χ0v) is 17.0. The first-order valence-corrected chi connectivity index (χ1v) is 9.46. The van der Waals surface area contributed by atoms with E-state index in [2.05, 4.69) is 20.2 Å². The molecule has 28 heavy (non-hydrogen) atoms. The zero-order chi connectivity index (χ0) is 20.1. The third kappa shape index (κ3) is 4.87. The number of amides is 1. The first-order chi connectivity index (χ1) is 13.4. The number of nitrogens with zero attached hydrogens (tertiary/aromatic N) is 3. The molecule has 0 spiro atoms. The zero-order valence-electron chi connectivity index (χ0n) is 16.2. The van der Waals surface area contributed by atoms with Crippen LogP contribution in [0.1, 0.15) is 27.0 Å². The minimum Gasteiger partial charge on any atom is -0.359 e. The Bertz CT molecular complexity index is 935. The van der Waals surface area contributed by atoms with Crippen LogP contribution in [0.25, 0.3) is 0 Å². The Kier molecular flexibility index (Phi) is 6.26. The molecule has 3 aromatic rings. The fraction of sp³-hybridized carbons (Fsp3) is 0.227. The molecule has 0 fully saturated rings. The lowest BCUT2D eigenvalue weighted by atomic mass is 10.1. The number of pyridine rings is 2. The number of nitrogens with one attached hydrogen (secondary N) is 1. The molecule has 0 unspecified atom stereocenters. The summed E-state index contributed by atoms with van der Waals surface area (Å²) in [6.45, 7) is 4.71. The van der Waals surface area contributed by atoms with Gasteiger partial charge in [0.15, 0.2) is 0 Å². The number of likely N-dealkylation sites (N-methyl/N-ethyl adjacent to an activating group) is 1. The summed E-state index contributed by atoms with van der Waals surface area (Å²) in [5.74, 6) is 0.586. The molecule has 0 saturated heterocycles. The summed E-state index contributed by atoms with van der Waals surface area (Å²) < 4.78 is 0. The van der Waals surface area contributed by atoms with E-state index < -0.39 is 0 Å². The van der Waals surface area contributed by atoms with Crippen molar-refractivity contribution in [3.63, 3.8) is 0 Å². The number of benzene rings is 1. The molecule has 6 heteroatoms. The maximum atomic E-state index is 12.6. The van der Waals surface area contributed by atoms with Gasteiger partial charge in [0.05, 0.1) is 16.3 Å². The molecule has 144 valence electrons. The van der Waals surface area contributed by atoms with Crippen molar-refractivity contribution in [3.8, 4) is 0 Å². The average Bonchev–Trinajstić information content (AvgIpc) is 2.69. The summed E-state index contributed by atoms with van der Waals surface area (Å²) in [4.78, 5) is 23.1. The highest BCUT2D eigenvalue weighted by molar-refractivity contribution is 6.34. The van der Waals surface area contributed by atoms with Crippen LogP contribution in [-0.2, 0) is 6.42 Å².